The summed E-state index contributed by atoms with van der Waals surface area (Å²) in [6.45, 7) is 6.44. The van der Waals surface area contributed by atoms with Crippen molar-refractivity contribution in [3.8, 4) is 0 Å². The van der Waals surface area contributed by atoms with E-state index in [1.165, 1.54) is 109 Å². The summed E-state index contributed by atoms with van der Waals surface area (Å²) in [6, 6.07) is 0. The molecule has 0 heterocycles. The van der Waals surface area contributed by atoms with Gasteiger partial charge in [-0.25, -0.2) is 0 Å². The van der Waals surface area contributed by atoms with Crippen molar-refractivity contribution >= 4 is 17.9 Å². The molecule has 0 aromatic heterocycles. The number of carbonyl (C=O) groups excluding carboxylic acids is 3. The Morgan fingerprint density at radius 2 is 0.500 bits per heavy atom. The van der Waals surface area contributed by atoms with Crippen LogP contribution in [0.1, 0.15) is 284 Å². The summed E-state index contributed by atoms with van der Waals surface area (Å²) in [6.07, 6.45) is 95.8. The molecule has 0 aliphatic heterocycles. The summed E-state index contributed by atoms with van der Waals surface area (Å²) < 4.78 is 16.8. The Labute approximate surface area is 493 Å². The van der Waals surface area contributed by atoms with Crippen molar-refractivity contribution in [2.75, 3.05) is 13.2 Å². The fourth-order valence-corrected chi connectivity index (χ4v) is 8.62. The molecule has 0 rings (SSSR count). The van der Waals surface area contributed by atoms with Crippen LogP contribution in [0.15, 0.2) is 146 Å². The monoisotopic (exact) mass is 1100 g/mol. The Balaban J connectivity index is 4.36. The number of esters is 3. The van der Waals surface area contributed by atoms with Crippen molar-refractivity contribution in [3.63, 3.8) is 0 Å². The number of rotatable bonds is 58. The van der Waals surface area contributed by atoms with Crippen LogP contribution >= 0.6 is 0 Å². The molecule has 0 fully saturated rings. The van der Waals surface area contributed by atoms with Crippen molar-refractivity contribution in [2.45, 2.75) is 290 Å². The molecule has 6 nitrogen and oxygen atoms in total. The smallest absolute Gasteiger partial charge is 0.306 e. The van der Waals surface area contributed by atoms with Gasteiger partial charge in [0.25, 0.3) is 0 Å². The molecule has 0 saturated carbocycles. The molecule has 0 aromatic carbocycles. The second-order valence-corrected chi connectivity index (χ2v) is 21.3. The lowest BCUT2D eigenvalue weighted by atomic mass is 10.1. The van der Waals surface area contributed by atoms with Crippen LogP contribution in [0.25, 0.3) is 0 Å². The maximum atomic E-state index is 12.9. The molecule has 0 amide bonds. The molecule has 0 aliphatic carbocycles. The fourth-order valence-electron chi connectivity index (χ4n) is 8.62. The highest BCUT2D eigenvalue weighted by Crippen LogP contribution is 2.14. The Kier molecular flexibility index (Phi) is 62.9. The largest absolute Gasteiger partial charge is 0.462 e. The molecular weight excluding hydrogens is 985 g/mol. The molecule has 0 saturated heterocycles. The first-order valence-corrected chi connectivity index (χ1v) is 32.8. The highest BCUT2D eigenvalue weighted by Gasteiger charge is 2.19. The number of allylic oxidation sites excluding steroid dienone is 24. The number of hydrogen-bond acceptors (Lipinski definition) is 6. The molecule has 0 bridgehead atoms. The molecule has 0 N–H and O–H groups in total. The number of unbranched alkanes of at least 4 members (excludes halogenated alkanes) is 23. The zero-order valence-corrected chi connectivity index (χ0v) is 51.8. The summed E-state index contributed by atoms with van der Waals surface area (Å²) in [5.74, 6) is -0.961. The van der Waals surface area contributed by atoms with E-state index in [0.29, 0.717) is 25.7 Å². The molecule has 452 valence electrons. The molecular formula is C74H120O6. The lowest BCUT2D eigenvalue weighted by Crippen LogP contribution is -2.30. The summed E-state index contributed by atoms with van der Waals surface area (Å²) in [5, 5.41) is 0. The van der Waals surface area contributed by atoms with E-state index in [1.54, 1.807) is 0 Å². The van der Waals surface area contributed by atoms with E-state index >= 15 is 0 Å². The van der Waals surface area contributed by atoms with Gasteiger partial charge in [0.2, 0.25) is 0 Å². The molecule has 0 radical (unpaired) electrons. The SMILES string of the molecule is CC/C=C\C/C=C\C/C=C\C/C=C\C/C=C\C/C=C\C/C=C\C/C=C\C/C=C\C/C=C\CCCCC(=O)OCC(COC(=O)CCCCCCC/C=C\CCCC)OC(=O)CCCCCCCCC/C=C\CCCCCCCCC. The molecule has 0 aliphatic rings. The van der Waals surface area contributed by atoms with E-state index in [2.05, 4.69) is 167 Å². The van der Waals surface area contributed by atoms with Gasteiger partial charge in [-0.05, 0) is 141 Å². The van der Waals surface area contributed by atoms with Crippen LogP contribution in [0.3, 0.4) is 0 Å². The second kappa shape index (κ2) is 66.8. The van der Waals surface area contributed by atoms with E-state index in [9.17, 15) is 14.4 Å². The molecule has 1 atom stereocenters. The normalized spacial score (nSPS) is 13.1. The predicted molar refractivity (Wildman–Crippen MR) is 348 cm³/mol. The third-order valence-corrected chi connectivity index (χ3v) is 13.5. The molecule has 0 aromatic rings. The minimum atomic E-state index is -0.807. The van der Waals surface area contributed by atoms with Gasteiger partial charge < -0.3 is 14.2 Å². The minimum Gasteiger partial charge on any atom is -0.462 e. The van der Waals surface area contributed by atoms with Gasteiger partial charge in [0.15, 0.2) is 6.10 Å². The summed E-state index contributed by atoms with van der Waals surface area (Å²) >= 11 is 0. The van der Waals surface area contributed by atoms with Crippen LogP contribution in [0.2, 0.25) is 0 Å². The van der Waals surface area contributed by atoms with Crippen molar-refractivity contribution in [3.05, 3.63) is 146 Å². The van der Waals surface area contributed by atoms with Gasteiger partial charge in [0, 0.05) is 19.3 Å². The van der Waals surface area contributed by atoms with Crippen LogP contribution in [0.4, 0.5) is 0 Å². The zero-order chi connectivity index (χ0) is 57.8. The lowest BCUT2D eigenvalue weighted by molar-refractivity contribution is -0.167. The first kappa shape index (κ1) is 75.3. The Morgan fingerprint density at radius 3 is 0.838 bits per heavy atom. The van der Waals surface area contributed by atoms with Gasteiger partial charge in [-0.1, -0.05) is 269 Å². The van der Waals surface area contributed by atoms with E-state index in [-0.39, 0.29) is 31.1 Å². The number of ether oxygens (including phenoxy) is 3. The second-order valence-electron chi connectivity index (χ2n) is 21.3. The number of hydrogen-bond donors (Lipinski definition) is 0. The molecule has 6 heteroatoms. The van der Waals surface area contributed by atoms with Crippen LogP contribution in [-0.4, -0.2) is 37.2 Å². The first-order valence-electron chi connectivity index (χ1n) is 32.8. The zero-order valence-electron chi connectivity index (χ0n) is 51.8. The highest BCUT2D eigenvalue weighted by atomic mass is 16.6. The van der Waals surface area contributed by atoms with Crippen molar-refractivity contribution < 1.29 is 28.6 Å². The van der Waals surface area contributed by atoms with Crippen molar-refractivity contribution in [1.82, 2.24) is 0 Å². The molecule has 1 unspecified atom stereocenters. The first-order chi connectivity index (χ1) is 39.5. The Hall–Kier alpha value is -4.71. The minimum absolute atomic E-state index is 0.101. The predicted octanol–water partition coefficient (Wildman–Crippen LogP) is 22.7. The van der Waals surface area contributed by atoms with E-state index in [1.807, 2.05) is 0 Å². The average molecular weight is 1110 g/mol. The Morgan fingerprint density at radius 1 is 0.263 bits per heavy atom. The van der Waals surface area contributed by atoms with Crippen LogP contribution < -0.4 is 0 Å². The molecule has 80 heavy (non-hydrogen) atoms. The van der Waals surface area contributed by atoms with E-state index < -0.39 is 6.10 Å². The van der Waals surface area contributed by atoms with Gasteiger partial charge in [-0.15, -0.1) is 0 Å². The van der Waals surface area contributed by atoms with E-state index in [4.69, 9.17) is 14.2 Å². The summed E-state index contributed by atoms with van der Waals surface area (Å²) in [5.41, 5.74) is 0. The summed E-state index contributed by atoms with van der Waals surface area (Å²) in [7, 11) is 0. The van der Waals surface area contributed by atoms with Crippen LogP contribution in [0, 0.1) is 0 Å². The van der Waals surface area contributed by atoms with Gasteiger partial charge in [0.1, 0.15) is 13.2 Å². The quantitative estimate of drug-likeness (QED) is 0.0261. The van der Waals surface area contributed by atoms with Crippen LogP contribution in [-0.2, 0) is 28.6 Å². The van der Waals surface area contributed by atoms with Crippen LogP contribution in [0.5, 0.6) is 0 Å². The maximum absolute atomic E-state index is 12.9. The summed E-state index contributed by atoms with van der Waals surface area (Å²) in [4.78, 5) is 38.2. The van der Waals surface area contributed by atoms with Gasteiger partial charge in [0.05, 0.1) is 0 Å². The average Bonchev–Trinajstić information content (AvgIpc) is 3.46. The standard InChI is InChI=1S/C74H120O6/c1-4-7-10-13-16-19-22-24-26-28-30-31-32-33-34-35-36-37-38-39-40-41-42-43-44-46-47-49-52-55-58-61-64-67-73(76)79-70-71(69-78-72(75)66-63-60-57-54-51-21-18-15-12-9-6-3)80-74(77)68-65-62-59-56-53-50-48-45-29-27-25-23-20-17-14-11-8-5-2/h7,10,15-16,18-19,24,26-27,29-31,33-34,36-37,39-40,42-43,46-47,52,55,71H,4-6,8-9,11-14,17,20-23,25,28,32,35,38,41,44-45,48-51,53-54,56-70H2,1-3H3/b10-7-,18-15-,19-16-,26-24-,29-27-,31-30-,34-33-,37-36-,40-39-,43-42-,47-46-,55-52-. The van der Waals surface area contributed by atoms with E-state index in [0.717, 1.165) is 128 Å². The Bertz CT molecular complexity index is 1750. The molecule has 0 spiro atoms. The number of carbonyl (C=O) groups is 3. The van der Waals surface area contributed by atoms with Gasteiger partial charge >= 0.3 is 17.9 Å². The van der Waals surface area contributed by atoms with Gasteiger partial charge in [-0.2, -0.15) is 0 Å². The maximum Gasteiger partial charge on any atom is 0.306 e. The third-order valence-electron chi connectivity index (χ3n) is 13.5. The topological polar surface area (TPSA) is 78.9 Å². The van der Waals surface area contributed by atoms with Crippen molar-refractivity contribution in [1.29, 1.82) is 0 Å². The van der Waals surface area contributed by atoms with Gasteiger partial charge in [-0.3, -0.25) is 14.4 Å². The van der Waals surface area contributed by atoms with Crippen molar-refractivity contribution in [2.24, 2.45) is 0 Å². The third kappa shape index (κ3) is 64.1. The lowest BCUT2D eigenvalue weighted by Gasteiger charge is -2.18. The fraction of sp³-hybridized carbons (Fsp3) is 0.635. The highest BCUT2D eigenvalue weighted by molar-refractivity contribution is 5.71.